The number of hydrogen-bond acceptors (Lipinski definition) is 4. The first-order valence-electron chi connectivity index (χ1n) is 9.19. The fourth-order valence-corrected chi connectivity index (χ4v) is 4.50. The van der Waals surface area contributed by atoms with Crippen LogP contribution in [0.1, 0.15) is 23.3 Å². The van der Waals surface area contributed by atoms with E-state index in [4.69, 9.17) is 4.74 Å². The molecular weight excluding hydrogens is 385 g/mol. The second kappa shape index (κ2) is 6.27. The van der Waals surface area contributed by atoms with Gasteiger partial charge in [-0.2, -0.15) is 13.2 Å². The third-order valence-corrected chi connectivity index (χ3v) is 5.73. The summed E-state index contributed by atoms with van der Waals surface area (Å²) >= 11 is 0. The number of fused-ring (bicyclic) bond motifs is 2. The zero-order chi connectivity index (χ0) is 20.5. The van der Waals surface area contributed by atoms with Crippen molar-refractivity contribution in [1.82, 2.24) is 0 Å². The minimum absolute atomic E-state index is 0.265. The summed E-state index contributed by atoms with van der Waals surface area (Å²) in [7, 11) is 0. The van der Waals surface area contributed by atoms with Crippen molar-refractivity contribution < 1.29 is 33.2 Å². The van der Waals surface area contributed by atoms with Crippen molar-refractivity contribution in [2.24, 2.45) is 0 Å². The third kappa shape index (κ3) is 2.77. The number of aliphatic hydroxyl groups is 3. The van der Waals surface area contributed by atoms with Crippen molar-refractivity contribution >= 4 is 32.3 Å². The molecule has 1 aliphatic carbocycles. The van der Waals surface area contributed by atoms with Crippen LogP contribution >= 0.6 is 0 Å². The number of halogens is 3. The number of hydrogen-bond donors (Lipinski definition) is 3. The van der Waals surface area contributed by atoms with E-state index in [1.807, 2.05) is 36.4 Å². The maximum Gasteiger partial charge on any atom is 0.411 e. The first-order valence-corrected chi connectivity index (χ1v) is 9.19. The van der Waals surface area contributed by atoms with E-state index in [2.05, 4.69) is 0 Å². The summed E-state index contributed by atoms with van der Waals surface area (Å²) in [5.74, 6) is 0. The van der Waals surface area contributed by atoms with Gasteiger partial charge in [-0.05, 0) is 49.5 Å². The van der Waals surface area contributed by atoms with Gasteiger partial charge in [-0.15, -0.1) is 0 Å². The van der Waals surface area contributed by atoms with Crippen LogP contribution in [0.2, 0.25) is 0 Å². The van der Waals surface area contributed by atoms with Crippen LogP contribution in [0, 0.1) is 0 Å². The molecule has 4 nitrogen and oxygen atoms in total. The SMILES string of the molecule is O[C@@H]1[C@@H](O)[C@@H](OCC(F)(F)F)c2c(cc3ccc4cccc5ccc2c3c45)[C@H]1O. The Morgan fingerprint density at radius 1 is 0.828 bits per heavy atom. The van der Waals surface area contributed by atoms with E-state index in [0.29, 0.717) is 5.39 Å². The molecule has 0 saturated carbocycles. The van der Waals surface area contributed by atoms with E-state index >= 15 is 0 Å². The number of aliphatic hydroxyl groups excluding tert-OH is 3. The molecule has 0 heterocycles. The zero-order valence-corrected chi connectivity index (χ0v) is 15.0. The lowest BCUT2D eigenvalue weighted by Crippen LogP contribution is -2.43. The maximum atomic E-state index is 12.8. The summed E-state index contributed by atoms with van der Waals surface area (Å²) in [6.45, 7) is -1.57. The van der Waals surface area contributed by atoms with Gasteiger partial charge in [0.05, 0.1) is 0 Å². The smallest absolute Gasteiger partial charge is 0.387 e. The fraction of sp³-hybridized carbons (Fsp3) is 0.273. The monoisotopic (exact) mass is 402 g/mol. The van der Waals surface area contributed by atoms with Crippen LogP contribution in [0.5, 0.6) is 0 Å². The summed E-state index contributed by atoms with van der Waals surface area (Å²) < 4.78 is 43.5. The standard InChI is InChI=1S/C22H17F3O4/c23-22(24,25)9-29-21-17-13-7-6-11-3-1-2-10-4-5-12(16(13)15(10)11)8-14(17)18(26)19(27)20(21)28/h1-8,18-21,26-28H,9H2/t18-,19+,20-,21+/m1/s1. The summed E-state index contributed by atoms with van der Waals surface area (Å²) in [6, 6.07) is 14.9. The fourth-order valence-electron chi connectivity index (χ4n) is 4.50. The average molecular weight is 402 g/mol. The lowest BCUT2D eigenvalue weighted by molar-refractivity contribution is -0.211. The Morgan fingerprint density at radius 3 is 2.17 bits per heavy atom. The Hall–Kier alpha value is -2.45. The van der Waals surface area contributed by atoms with Crippen molar-refractivity contribution in [3.8, 4) is 0 Å². The highest BCUT2D eigenvalue weighted by Crippen LogP contribution is 2.46. The largest absolute Gasteiger partial charge is 0.411 e. The first kappa shape index (κ1) is 18.6. The predicted molar refractivity (Wildman–Crippen MR) is 102 cm³/mol. The van der Waals surface area contributed by atoms with Crippen molar-refractivity contribution in [3.05, 3.63) is 59.7 Å². The van der Waals surface area contributed by atoms with Gasteiger partial charge in [0, 0.05) is 0 Å². The van der Waals surface area contributed by atoms with Gasteiger partial charge >= 0.3 is 6.18 Å². The van der Waals surface area contributed by atoms with Crippen molar-refractivity contribution in [1.29, 1.82) is 0 Å². The van der Waals surface area contributed by atoms with Crippen molar-refractivity contribution in [2.75, 3.05) is 6.61 Å². The van der Waals surface area contributed by atoms with Gasteiger partial charge in [-0.25, -0.2) is 0 Å². The van der Waals surface area contributed by atoms with Gasteiger partial charge < -0.3 is 20.1 Å². The Balaban J connectivity index is 1.83. The molecule has 7 heteroatoms. The number of ether oxygens (including phenoxy) is 1. The molecule has 29 heavy (non-hydrogen) atoms. The molecule has 0 aromatic heterocycles. The molecule has 4 aromatic carbocycles. The quantitative estimate of drug-likeness (QED) is 0.444. The molecule has 3 N–H and O–H groups in total. The highest BCUT2D eigenvalue weighted by molar-refractivity contribution is 6.23. The van der Waals surface area contributed by atoms with Gasteiger partial charge in [0.1, 0.15) is 31.0 Å². The summed E-state index contributed by atoms with van der Waals surface area (Å²) in [5.41, 5.74) is 0.547. The van der Waals surface area contributed by atoms with Gasteiger partial charge in [0.15, 0.2) is 0 Å². The van der Waals surface area contributed by atoms with Gasteiger partial charge in [-0.3, -0.25) is 0 Å². The van der Waals surface area contributed by atoms with Crippen LogP contribution in [0.4, 0.5) is 13.2 Å². The van der Waals surface area contributed by atoms with E-state index in [1.165, 1.54) is 0 Å². The number of benzene rings is 4. The Labute approximate surface area is 163 Å². The van der Waals surface area contributed by atoms with E-state index < -0.39 is 37.2 Å². The zero-order valence-electron chi connectivity index (χ0n) is 15.0. The first-order chi connectivity index (χ1) is 13.8. The second-order valence-electron chi connectivity index (χ2n) is 7.51. The highest BCUT2D eigenvalue weighted by atomic mass is 19.4. The van der Waals surface area contributed by atoms with Crippen molar-refractivity contribution in [2.45, 2.75) is 30.6 Å². The van der Waals surface area contributed by atoms with Gasteiger partial charge in [0.25, 0.3) is 0 Å². The summed E-state index contributed by atoms with van der Waals surface area (Å²) in [4.78, 5) is 0. The number of rotatable bonds is 2. The van der Waals surface area contributed by atoms with E-state index in [-0.39, 0.29) is 11.1 Å². The van der Waals surface area contributed by atoms with Crippen molar-refractivity contribution in [3.63, 3.8) is 0 Å². The average Bonchev–Trinajstić information content (AvgIpc) is 2.69. The van der Waals surface area contributed by atoms with Crippen LogP contribution in [0.25, 0.3) is 32.3 Å². The molecule has 1 aliphatic rings. The van der Waals surface area contributed by atoms with Gasteiger partial charge in [0.2, 0.25) is 0 Å². The van der Waals surface area contributed by atoms with E-state index in [9.17, 15) is 28.5 Å². The molecule has 4 aromatic rings. The van der Waals surface area contributed by atoms with E-state index in [0.717, 1.165) is 26.9 Å². The molecule has 4 atom stereocenters. The topological polar surface area (TPSA) is 69.9 Å². The molecule has 0 aliphatic heterocycles. The third-order valence-electron chi connectivity index (χ3n) is 5.73. The van der Waals surface area contributed by atoms with Crippen LogP contribution < -0.4 is 0 Å². The molecule has 0 saturated heterocycles. The van der Waals surface area contributed by atoms with E-state index in [1.54, 1.807) is 12.1 Å². The number of alkyl halides is 3. The minimum atomic E-state index is -4.59. The lowest BCUT2D eigenvalue weighted by Gasteiger charge is -2.38. The molecule has 150 valence electrons. The molecular formula is C22H17F3O4. The Morgan fingerprint density at radius 2 is 1.48 bits per heavy atom. The van der Waals surface area contributed by atoms with Crippen LogP contribution in [0.15, 0.2) is 48.5 Å². The second-order valence-corrected chi connectivity index (χ2v) is 7.51. The van der Waals surface area contributed by atoms with Crippen LogP contribution in [0.3, 0.4) is 0 Å². The van der Waals surface area contributed by atoms with Gasteiger partial charge in [-0.1, -0.05) is 42.5 Å². The predicted octanol–water partition coefficient (Wildman–Crippen LogP) is 3.97. The summed E-state index contributed by atoms with van der Waals surface area (Å²) in [5, 5.41) is 36.3. The Kier molecular flexibility index (Phi) is 4.02. The maximum absolute atomic E-state index is 12.8. The normalized spacial score (nSPS) is 25.2. The van der Waals surface area contributed by atoms with Crippen LogP contribution in [-0.4, -0.2) is 40.3 Å². The molecule has 0 amide bonds. The highest BCUT2D eigenvalue weighted by Gasteiger charge is 2.44. The molecule has 0 bridgehead atoms. The van der Waals surface area contributed by atoms with Crippen LogP contribution in [-0.2, 0) is 4.74 Å². The Bertz CT molecular complexity index is 1200. The molecule has 0 spiro atoms. The lowest BCUT2D eigenvalue weighted by atomic mass is 9.78. The summed E-state index contributed by atoms with van der Waals surface area (Å²) in [6.07, 6.45) is -10.8. The minimum Gasteiger partial charge on any atom is -0.387 e. The molecule has 0 radical (unpaired) electrons. The molecule has 5 rings (SSSR count). The molecule has 0 fully saturated rings. The molecule has 0 unspecified atom stereocenters.